The van der Waals surface area contributed by atoms with E-state index >= 15 is 0 Å². The van der Waals surface area contributed by atoms with E-state index in [1.807, 2.05) is 0 Å². The fourth-order valence-corrected chi connectivity index (χ4v) is 2.73. The van der Waals surface area contributed by atoms with E-state index in [9.17, 15) is 13.2 Å². The molecule has 0 atom stereocenters. The van der Waals surface area contributed by atoms with E-state index in [1.54, 1.807) is 17.0 Å². The first-order valence-electron chi connectivity index (χ1n) is 6.16. The van der Waals surface area contributed by atoms with Gasteiger partial charge in [0.05, 0.1) is 18.0 Å². The van der Waals surface area contributed by atoms with Crippen molar-refractivity contribution in [2.75, 3.05) is 27.2 Å². The van der Waals surface area contributed by atoms with Gasteiger partial charge in [0, 0.05) is 20.6 Å². The van der Waals surface area contributed by atoms with Crippen LogP contribution >= 0.6 is 0 Å². The third-order valence-corrected chi connectivity index (χ3v) is 4.57. The predicted molar refractivity (Wildman–Crippen MR) is 79.1 cm³/mol. The van der Waals surface area contributed by atoms with Gasteiger partial charge in [-0.15, -0.1) is 6.42 Å². The van der Waals surface area contributed by atoms with Crippen molar-refractivity contribution in [1.82, 2.24) is 9.21 Å². The van der Waals surface area contributed by atoms with Crippen molar-refractivity contribution in [3.8, 4) is 12.3 Å². The van der Waals surface area contributed by atoms with Crippen molar-refractivity contribution in [2.24, 2.45) is 0 Å². The van der Waals surface area contributed by atoms with Crippen LogP contribution in [-0.4, -0.2) is 55.9 Å². The molecule has 0 spiro atoms. The third kappa shape index (κ3) is 4.86. The number of sulfonamides is 1. The standard InChI is InChI=1S/C14H18N2O4S/c1-4-8-16(11-14(17)18)10-12-6-5-7-13(9-12)21(19,20)15(2)3/h1,5-7,9H,8,10-11H2,2-3H3,(H,17,18). The third-order valence-electron chi connectivity index (χ3n) is 2.76. The van der Waals surface area contributed by atoms with E-state index in [0.717, 1.165) is 4.31 Å². The van der Waals surface area contributed by atoms with Crippen molar-refractivity contribution in [2.45, 2.75) is 11.4 Å². The summed E-state index contributed by atoms with van der Waals surface area (Å²) < 4.78 is 25.2. The summed E-state index contributed by atoms with van der Waals surface area (Å²) in [5.74, 6) is 1.41. The Bertz CT molecular complexity index is 647. The molecular formula is C14H18N2O4S. The number of rotatable bonds is 7. The number of hydrogen-bond acceptors (Lipinski definition) is 4. The summed E-state index contributed by atoms with van der Waals surface area (Å²) in [6, 6.07) is 6.39. The van der Waals surface area contributed by atoms with E-state index in [1.165, 1.54) is 26.2 Å². The monoisotopic (exact) mass is 310 g/mol. The van der Waals surface area contributed by atoms with Gasteiger partial charge >= 0.3 is 5.97 Å². The molecule has 0 bridgehead atoms. The van der Waals surface area contributed by atoms with Gasteiger partial charge in [0.1, 0.15) is 0 Å². The normalized spacial score (nSPS) is 11.6. The smallest absolute Gasteiger partial charge is 0.317 e. The lowest BCUT2D eigenvalue weighted by molar-refractivity contribution is -0.138. The summed E-state index contributed by atoms with van der Waals surface area (Å²) in [7, 11) is -0.601. The summed E-state index contributed by atoms with van der Waals surface area (Å²) in [5.41, 5.74) is 0.689. The zero-order chi connectivity index (χ0) is 16.0. The highest BCUT2D eigenvalue weighted by molar-refractivity contribution is 7.89. The number of carboxylic acids is 1. The highest BCUT2D eigenvalue weighted by atomic mass is 32.2. The molecule has 114 valence electrons. The van der Waals surface area contributed by atoms with E-state index in [0.29, 0.717) is 5.56 Å². The zero-order valence-electron chi connectivity index (χ0n) is 12.0. The zero-order valence-corrected chi connectivity index (χ0v) is 12.8. The number of hydrogen-bond donors (Lipinski definition) is 1. The van der Waals surface area contributed by atoms with Crippen LogP contribution in [0, 0.1) is 12.3 Å². The molecule has 0 aromatic heterocycles. The van der Waals surface area contributed by atoms with Gasteiger partial charge in [-0.2, -0.15) is 0 Å². The van der Waals surface area contributed by atoms with Crippen LogP contribution in [0.3, 0.4) is 0 Å². The second-order valence-electron chi connectivity index (χ2n) is 4.68. The molecule has 0 aliphatic rings. The molecule has 0 unspecified atom stereocenters. The lowest BCUT2D eigenvalue weighted by Crippen LogP contribution is -2.29. The summed E-state index contributed by atoms with van der Waals surface area (Å²) in [4.78, 5) is 12.5. The Kier molecular flexibility index (Phi) is 5.90. The van der Waals surface area contributed by atoms with Crippen LogP contribution in [0.4, 0.5) is 0 Å². The lowest BCUT2D eigenvalue weighted by atomic mass is 10.2. The van der Waals surface area contributed by atoms with E-state index in [4.69, 9.17) is 11.5 Å². The molecule has 1 rings (SSSR count). The number of benzene rings is 1. The average Bonchev–Trinajstić information content (AvgIpc) is 2.38. The topological polar surface area (TPSA) is 77.9 Å². The van der Waals surface area contributed by atoms with Gasteiger partial charge in [-0.3, -0.25) is 9.69 Å². The molecule has 0 heterocycles. The molecule has 7 heteroatoms. The molecule has 21 heavy (non-hydrogen) atoms. The molecule has 1 aromatic rings. The summed E-state index contributed by atoms with van der Waals surface area (Å²) >= 11 is 0. The average molecular weight is 310 g/mol. The Balaban J connectivity index is 3.00. The number of nitrogens with zero attached hydrogens (tertiary/aromatic N) is 2. The molecule has 1 aromatic carbocycles. The van der Waals surface area contributed by atoms with Crippen LogP contribution in [-0.2, 0) is 21.4 Å². The maximum Gasteiger partial charge on any atom is 0.317 e. The quantitative estimate of drug-likeness (QED) is 0.740. The maximum absolute atomic E-state index is 12.1. The molecule has 0 fully saturated rings. The Labute approximate surface area is 125 Å². The van der Waals surface area contributed by atoms with Gasteiger partial charge in [0.15, 0.2) is 0 Å². The molecule has 0 aliphatic heterocycles. The van der Waals surface area contributed by atoms with Crippen LogP contribution in [0.15, 0.2) is 29.2 Å². The van der Waals surface area contributed by atoms with Crippen molar-refractivity contribution >= 4 is 16.0 Å². The first-order valence-corrected chi connectivity index (χ1v) is 7.60. The summed E-state index contributed by atoms with van der Waals surface area (Å²) in [5, 5.41) is 8.83. The SMILES string of the molecule is C#CCN(CC(=O)O)Cc1cccc(S(=O)(=O)N(C)C)c1. The van der Waals surface area contributed by atoms with Gasteiger partial charge in [0.25, 0.3) is 0 Å². The van der Waals surface area contributed by atoms with Crippen molar-refractivity contribution in [1.29, 1.82) is 0 Å². The minimum atomic E-state index is -3.51. The molecule has 0 saturated heterocycles. The first-order chi connectivity index (χ1) is 9.77. The van der Waals surface area contributed by atoms with Gasteiger partial charge in [-0.25, -0.2) is 12.7 Å². The van der Waals surface area contributed by atoms with Gasteiger partial charge in [0.2, 0.25) is 10.0 Å². The minimum absolute atomic E-state index is 0.168. The van der Waals surface area contributed by atoms with Gasteiger partial charge < -0.3 is 5.11 Å². The molecule has 6 nitrogen and oxygen atoms in total. The van der Waals surface area contributed by atoms with Crippen LogP contribution < -0.4 is 0 Å². The van der Waals surface area contributed by atoms with E-state index < -0.39 is 16.0 Å². The number of carbonyl (C=O) groups is 1. The molecule has 0 aliphatic carbocycles. The Morgan fingerprint density at radius 3 is 2.57 bits per heavy atom. The first kappa shape index (κ1) is 17.2. The maximum atomic E-state index is 12.1. The molecule has 0 radical (unpaired) electrons. The largest absolute Gasteiger partial charge is 0.480 e. The number of carboxylic acid groups (broad SMARTS) is 1. The van der Waals surface area contributed by atoms with Gasteiger partial charge in [-0.1, -0.05) is 18.1 Å². The van der Waals surface area contributed by atoms with Crippen LogP contribution in [0.25, 0.3) is 0 Å². The van der Waals surface area contributed by atoms with E-state index in [2.05, 4.69) is 5.92 Å². The molecule has 0 amide bonds. The van der Waals surface area contributed by atoms with Crippen molar-refractivity contribution in [3.05, 3.63) is 29.8 Å². The van der Waals surface area contributed by atoms with E-state index in [-0.39, 0.29) is 24.5 Å². The Hall–Kier alpha value is -1.88. The predicted octanol–water partition coefficient (Wildman–Crippen LogP) is 0.457. The Morgan fingerprint density at radius 1 is 1.38 bits per heavy atom. The molecule has 1 N–H and O–H groups in total. The van der Waals surface area contributed by atoms with Crippen LogP contribution in [0.1, 0.15) is 5.56 Å². The highest BCUT2D eigenvalue weighted by Crippen LogP contribution is 2.16. The lowest BCUT2D eigenvalue weighted by Gasteiger charge is -2.18. The minimum Gasteiger partial charge on any atom is -0.480 e. The summed E-state index contributed by atoms with van der Waals surface area (Å²) in [6.07, 6.45) is 5.21. The molecule has 0 saturated carbocycles. The number of terminal acetylenes is 1. The van der Waals surface area contributed by atoms with Crippen molar-refractivity contribution in [3.63, 3.8) is 0 Å². The second kappa shape index (κ2) is 7.22. The van der Waals surface area contributed by atoms with Gasteiger partial charge in [-0.05, 0) is 17.7 Å². The molecular weight excluding hydrogens is 292 g/mol. The fourth-order valence-electron chi connectivity index (χ4n) is 1.76. The highest BCUT2D eigenvalue weighted by Gasteiger charge is 2.18. The fraction of sp³-hybridized carbons (Fsp3) is 0.357. The second-order valence-corrected chi connectivity index (χ2v) is 6.83. The van der Waals surface area contributed by atoms with Crippen LogP contribution in [0.5, 0.6) is 0 Å². The number of aliphatic carboxylic acids is 1. The summed E-state index contributed by atoms with van der Waals surface area (Å²) in [6.45, 7) is 0.249. The van der Waals surface area contributed by atoms with Crippen molar-refractivity contribution < 1.29 is 18.3 Å². The Morgan fingerprint density at radius 2 is 2.05 bits per heavy atom. The van der Waals surface area contributed by atoms with Crippen LogP contribution in [0.2, 0.25) is 0 Å².